The van der Waals surface area contributed by atoms with Gasteiger partial charge in [-0.25, -0.2) is 8.42 Å². The van der Waals surface area contributed by atoms with Crippen molar-refractivity contribution >= 4 is 27.4 Å². The van der Waals surface area contributed by atoms with Gasteiger partial charge in [-0.05, 0) is 76.9 Å². The van der Waals surface area contributed by atoms with Gasteiger partial charge in [-0.3, -0.25) is 4.72 Å². The van der Waals surface area contributed by atoms with Gasteiger partial charge in [0.15, 0.2) is 0 Å². The van der Waals surface area contributed by atoms with E-state index in [0.717, 1.165) is 24.7 Å². The highest BCUT2D eigenvalue weighted by Crippen LogP contribution is 2.36. The van der Waals surface area contributed by atoms with Crippen molar-refractivity contribution in [2.75, 3.05) is 11.0 Å². The van der Waals surface area contributed by atoms with Crippen LogP contribution in [0.2, 0.25) is 0 Å². The number of benzene rings is 3. The number of sulfonamides is 1. The van der Waals surface area contributed by atoms with E-state index in [1.807, 2.05) is 12.1 Å². The van der Waals surface area contributed by atoms with Crippen LogP contribution in [0.1, 0.15) is 33.4 Å². The predicted octanol–water partition coefficient (Wildman–Crippen LogP) is 5.05. The van der Waals surface area contributed by atoms with Crippen LogP contribution >= 0.6 is 0 Å². The van der Waals surface area contributed by atoms with E-state index >= 15 is 0 Å². The van der Waals surface area contributed by atoms with Crippen molar-refractivity contribution in [3.05, 3.63) is 100 Å². The van der Waals surface area contributed by atoms with Gasteiger partial charge in [-0.1, -0.05) is 54.6 Å². The second kappa shape index (κ2) is 7.28. The fraction of sp³-hybridized carbons (Fsp3) is 0.167. The summed E-state index contributed by atoms with van der Waals surface area (Å²) in [6, 6.07) is 22.6. The van der Waals surface area contributed by atoms with Gasteiger partial charge in [0, 0.05) is 5.69 Å². The molecule has 0 bridgehead atoms. The Balaban J connectivity index is 1.84. The van der Waals surface area contributed by atoms with Crippen LogP contribution in [0.5, 0.6) is 0 Å². The maximum atomic E-state index is 11.4. The molecule has 1 N–H and O–H groups in total. The maximum absolute atomic E-state index is 11.4. The lowest BCUT2D eigenvalue weighted by atomic mass is 9.89. The molecule has 0 atom stereocenters. The molecule has 0 amide bonds. The highest BCUT2D eigenvalue weighted by molar-refractivity contribution is 7.92. The molecule has 0 radical (unpaired) electrons. The SMILES string of the molecule is Cc1cccc2c1C(=Cc1ccc(NS(C)(=O)=O)cc1)c1ccccc1CC2. The Morgan fingerprint density at radius 1 is 0.857 bits per heavy atom. The van der Waals surface area contributed by atoms with E-state index in [4.69, 9.17) is 0 Å². The van der Waals surface area contributed by atoms with Crippen LogP contribution in [0.4, 0.5) is 5.69 Å². The summed E-state index contributed by atoms with van der Waals surface area (Å²) in [6.45, 7) is 2.17. The van der Waals surface area contributed by atoms with Crippen LogP contribution in [0.3, 0.4) is 0 Å². The van der Waals surface area contributed by atoms with Crippen LogP contribution in [-0.2, 0) is 22.9 Å². The average molecular weight is 390 g/mol. The summed E-state index contributed by atoms with van der Waals surface area (Å²) in [4.78, 5) is 0. The second-order valence-electron chi connectivity index (χ2n) is 7.32. The third-order valence-electron chi connectivity index (χ3n) is 5.12. The standard InChI is InChI=1S/C24H23NO2S/c1-17-6-5-8-20-13-12-19-7-3-4-9-22(19)23(24(17)20)16-18-10-14-21(15-11-18)25-28(2,26)27/h3-11,14-16,25H,12-13H2,1-2H3. The minimum atomic E-state index is -3.27. The molecule has 3 nitrogen and oxygen atoms in total. The smallest absolute Gasteiger partial charge is 0.229 e. The Hall–Kier alpha value is -2.85. The van der Waals surface area contributed by atoms with E-state index in [1.165, 1.54) is 33.4 Å². The minimum absolute atomic E-state index is 0.572. The molecule has 142 valence electrons. The van der Waals surface area contributed by atoms with E-state index in [2.05, 4.69) is 60.2 Å². The van der Waals surface area contributed by atoms with Crippen molar-refractivity contribution < 1.29 is 8.42 Å². The first-order valence-corrected chi connectivity index (χ1v) is 11.3. The van der Waals surface area contributed by atoms with Crippen molar-refractivity contribution in [1.82, 2.24) is 0 Å². The summed E-state index contributed by atoms with van der Waals surface area (Å²) in [5.41, 5.74) is 9.43. The molecule has 1 aliphatic rings. The van der Waals surface area contributed by atoms with Crippen LogP contribution in [0.15, 0.2) is 66.7 Å². The molecule has 3 aromatic carbocycles. The number of nitrogens with one attached hydrogen (secondary N) is 1. The molecule has 0 saturated heterocycles. The van der Waals surface area contributed by atoms with E-state index < -0.39 is 10.0 Å². The molecule has 3 aromatic rings. The van der Waals surface area contributed by atoms with Gasteiger partial charge >= 0.3 is 0 Å². The number of aryl methyl sites for hydroxylation is 3. The summed E-state index contributed by atoms with van der Waals surface area (Å²) in [6.07, 6.45) is 5.43. The zero-order valence-electron chi connectivity index (χ0n) is 16.1. The predicted molar refractivity (Wildman–Crippen MR) is 117 cm³/mol. The van der Waals surface area contributed by atoms with E-state index in [-0.39, 0.29) is 0 Å². The first-order valence-electron chi connectivity index (χ1n) is 9.37. The number of anilines is 1. The van der Waals surface area contributed by atoms with Crippen LogP contribution < -0.4 is 4.72 Å². The zero-order chi connectivity index (χ0) is 19.7. The molecule has 0 unspecified atom stereocenters. The molecule has 4 heteroatoms. The lowest BCUT2D eigenvalue weighted by Gasteiger charge is -2.15. The van der Waals surface area contributed by atoms with Crippen molar-refractivity contribution in [2.45, 2.75) is 19.8 Å². The van der Waals surface area contributed by atoms with Gasteiger partial charge in [0.25, 0.3) is 0 Å². The van der Waals surface area contributed by atoms with E-state index in [9.17, 15) is 8.42 Å². The number of hydrogen-bond donors (Lipinski definition) is 1. The number of hydrogen-bond acceptors (Lipinski definition) is 2. The van der Waals surface area contributed by atoms with Gasteiger partial charge in [-0.15, -0.1) is 0 Å². The van der Waals surface area contributed by atoms with Gasteiger partial charge in [-0.2, -0.15) is 0 Å². The first-order chi connectivity index (χ1) is 13.4. The molecule has 0 aromatic heterocycles. The quantitative estimate of drug-likeness (QED) is 0.681. The third kappa shape index (κ3) is 3.87. The van der Waals surface area contributed by atoms with Crippen molar-refractivity contribution in [1.29, 1.82) is 0 Å². The molecule has 28 heavy (non-hydrogen) atoms. The Kier molecular flexibility index (Phi) is 4.82. The topological polar surface area (TPSA) is 46.2 Å². The van der Waals surface area contributed by atoms with Gasteiger partial charge in [0.1, 0.15) is 0 Å². The summed E-state index contributed by atoms with van der Waals surface area (Å²) >= 11 is 0. The highest BCUT2D eigenvalue weighted by Gasteiger charge is 2.19. The lowest BCUT2D eigenvalue weighted by molar-refractivity contribution is 0.607. The summed E-state index contributed by atoms with van der Waals surface area (Å²) in [7, 11) is -3.27. The van der Waals surface area contributed by atoms with Crippen molar-refractivity contribution in [2.24, 2.45) is 0 Å². The largest absolute Gasteiger partial charge is 0.284 e. The molecule has 0 spiro atoms. The first kappa shape index (κ1) is 18.5. The summed E-state index contributed by atoms with van der Waals surface area (Å²) in [5, 5.41) is 0. The number of fused-ring (bicyclic) bond motifs is 2. The monoisotopic (exact) mass is 389 g/mol. The molecule has 1 aliphatic carbocycles. The molecular weight excluding hydrogens is 366 g/mol. The Labute approximate surface area is 166 Å². The summed E-state index contributed by atoms with van der Waals surface area (Å²) < 4.78 is 25.4. The maximum Gasteiger partial charge on any atom is 0.229 e. The Morgan fingerprint density at radius 3 is 2.29 bits per heavy atom. The minimum Gasteiger partial charge on any atom is -0.284 e. The lowest BCUT2D eigenvalue weighted by Crippen LogP contribution is -2.09. The molecule has 4 rings (SSSR count). The zero-order valence-corrected chi connectivity index (χ0v) is 16.9. The summed E-state index contributed by atoms with van der Waals surface area (Å²) in [5.74, 6) is 0. The van der Waals surface area contributed by atoms with Gasteiger partial charge in [0.2, 0.25) is 10.0 Å². The van der Waals surface area contributed by atoms with Crippen LogP contribution in [0.25, 0.3) is 11.6 Å². The molecule has 0 fully saturated rings. The fourth-order valence-corrected chi connectivity index (χ4v) is 4.47. The normalized spacial score (nSPS) is 14.9. The fourth-order valence-electron chi connectivity index (χ4n) is 3.91. The van der Waals surface area contributed by atoms with Crippen LogP contribution in [-0.4, -0.2) is 14.7 Å². The molecule has 0 saturated carbocycles. The van der Waals surface area contributed by atoms with Crippen LogP contribution in [0, 0.1) is 6.92 Å². The second-order valence-corrected chi connectivity index (χ2v) is 9.07. The molecular formula is C24H23NO2S. The average Bonchev–Trinajstić information content (AvgIpc) is 2.81. The third-order valence-corrected chi connectivity index (χ3v) is 5.73. The number of rotatable bonds is 3. The Morgan fingerprint density at radius 2 is 1.54 bits per heavy atom. The Bertz CT molecular complexity index is 1160. The highest BCUT2D eigenvalue weighted by atomic mass is 32.2. The van der Waals surface area contributed by atoms with Gasteiger partial charge in [0.05, 0.1) is 6.26 Å². The molecule has 0 heterocycles. The van der Waals surface area contributed by atoms with Gasteiger partial charge < -0.3 is 0 Å². The van der Waals surface area contributed by atoms with E-state index in [0.29, 0.717) is 5.69 Å². The molecule has 0 aliphatic heterocycles. The van der Waals surface area contributed by atoms with Crippen molar-refractivity contribution in [3.8, 4) is 0 Å². The van der Waals surface area contributed by atoms with E-state index in [1.54, 1.807) is 12.1 Å². The van der Waals surface area contributed by atoms with Crippen molar-refractivity contribution in [3.63, 3.8) is 0 Å².